The van der Waals surface area contributed by atoms with Crippen LogP contribution in [-0.2, 0) is 9.59 Å². The normalized spacial score (nSPS) is 15.0. The molecule has 2 N–H and O–H groups in total. The van der Waals surface area contributed by atoms with Crippen molar-refractivity contribution < 1.29 is 19.8 Å². The van der Waals surface area contributed by atoms with Crippen molar-refractivity contribution in [3.8, 4) is 0 Å². The third-order valence-electron chi connectivity index (χ3n) is 3.79. The maximum absolute atomic E-state index is 12.2. The van der Waals surface area contributed by atoms with Gasteiger partial charge in [0.15, 0.2) is 0 Å². The van der Waals surface area contributed by atoms with Gasteiger partial charge in [-0.25, -0.2) is 0 Å². The van der Waals surface area contributed by atoms with Gasteiger partial charge in [0.2, 0.25) is 0 Å². The molecule has 0 aromatic rings. The van der Waals surface area contributed by atoms with Gasteiger partial charge < -0.3 is 10.2 Å². The summed E-state index contributed by atoms with van der Waals surface area (Å²) in [5.74, 6) is -2.71. The summed E-state index contributed by atoms with van der Waals surface area (Å²) in [5, 5.41) is 19.8. The van der Waals surface area contributed by atoms with Gasteiger partial charge in [-0.15, -0.1) is 0 Å². The molecule has 1 unspecified atom stereocenters. The standard InChI is InChI=1S/C18H34O4/c1-12(2)9-13(14(19)20)18(15(21)22,10-16(3,4)5)11-17(6,7)8/h12-13H,9-11H2,1-8H3,(H,19,20)(H,21,22). The fourth-order valence-electron chi connectivity index (χ4n) is 3.54. The van der Waals surface area contributed by atoms with Crippen LogP contribution in [0, 0.1) is 28.1 Å². The molecule has 0 aliphatic rings. The van der Waals surface area contributed by atoms with Crippen molar-refractivity contribution >= 4 is 11.9 Å². The first-order valence-electron chi connectivity index (χ1n) is 8.07. The number of carboxylic acids is 2. The van der Waals surface area contributed by atoms with Crippen LogP contribution in [-0.4, -0.2) is 22.2 Å². The van der Waals surface area contributed by atoms with E-state index < -0.39 is 23.3 Å². The molecular weight excluding hydrogens is 280 g/mol. The minimum Gasteiger partial charge on any atom is -0.481 e. The van der Waals surface area contributed by atoms with Gasteiger partial charge in [0.05, 0.1) is 11.3 Å². The molecule has 4 heteroatoms. The van der Waals surface area contributed by atoms with E-state index in [0.29, 0.717) is 19.3 Å². The molecule has 0 radical (unpaired) electrons. The average molecular weight is 314 g/mol. The molecule has 4 nitrogen and oxygen atoms in total. The predicted molar refractivity (Wildman–Crippen MR) is 88.8 cm³/mol. The fourth-order valence-corrected chi connectivity index (χ4v) is 3.54. The van der Waals surface area contributed by atoms with Crippen molar-refractivity contribution in [3.05, 3.63) is 0 Å². The number of aliphatic carboxylic acids is 2. The van der Waals surface area contributed by atoms with Gasteiger partial charge in [0.25, 0.3) is 0 Å². The highest BCUT2D eigenvalue weighted by atomic mass is 16.4. The Morgan fingerprint density at radius 1 is 0.864 bits per heavy atom. The smallest absolute Gasteiger partial charge is 0.310 e. The fraction of sp³-hybridized carbons (Fsp3) is 0.889. The quantitative estimate of drug-likeness (QED) is 0.715. The highest BCUT2D eigenvalue weighted by molar-refractivity contribution is 5.83. The van der Waals surface area contributed by atoms with Crippen molar-refractivity contribution in [1.29, 1.82) is 0 Å². The van der Waals surface area contributed by atoms with Gasteiger partial charge in [-0.05, 0) is 36.0 Å². The van der Waals surface area contributed by atoms with Crippen LogP contribution in [0.5, 0.6) is 0 Å². The molecule has 0 fully saturated rings. The summed E-state index contributed by atoms with van der Waals surface area (Å²) >= 11 is 0. The molecule has 1 atom stereocenters. The summed E-state index contributed by atoms with van der Waals surface area (Å²) in [4.78, 5) is 24.1. The van der Waals surface area contributed by atoms with Crippen LogP contribution >= 0.6 is 0 Å². The topological polar surface area (TPSA) is 74.6 Å². The Balaban J connectivity index is 6.09. The first-order valence-corrected chi connectivity index (χ1v) is 8.07. The highest BCUT2D eigenvalue weighted by Gasteiger charge is 2.52. The molecule has 0 rings (SSSR count). The lowest BCUT2D eigenvalue weighted by molar-refractivity contribution is -0.169. The maximum Gasteiger partial charge on any atom is 0.310 e. The third kappa shape index (κ3) is 6.37. The Hall–Kier alpha value is -1.06. The number of rotatable bonds is 7. The Bertz CT molecular complexity index is 380. The second kappa shape index (κ2) is 7.01. The third-order valence-corrected chi connectivity index (χ3v) is 3.79. The average Bonchev–Trinajstić information content (AvgIpc) is 2.19. The molecule has 0 heterocycles. The Kier molecular flexibility index (Phi) is 6.67. The van der Waals surface area contributed by atoms with E-state index in [9.17, 15) is 19.8 Å². The lowest BCUT2D eigenvalue weighted by Crippen LogP contribution is -2.47. The Morgan fingerprint density at radius 2 is 1.23 bits per heavy atom. The maximum atomic E-state index is 12.2. The molecule has 0 bridgehead atoms. The zero-order valence-electron chi connectivity index (χ0n) is 15.5. The van der Waals surface area contributed by atoms with Crippen LogP contribution in [0.1, 0.15) is 74.7 Å². The molecular formula is C18H34O4. The van der Waals surface area contributed by atoms with Crippen LogP contribution < -0.4 is 0 Å². The van der Waals surface area contributed by atoms with E-state index in [1.54, 1.807) is 0 Å². The molecule has 0 aliphatic carbocycles. The molecule has 130 valence electrons. The van der Waals surface area contributed by atoms with Crippen LogP contribution in [0.25, 0.3) is 0 Å². The second-order valence-electron chi connectivity index (χ2n) is 9.46. The summed E-state index contributed by atoms with van der Waals surface area (Å²) in [6.45, 7) is 15.7. The van der Waals surface area contributed by atoms with Gasteiger partial charge >= 0.3 is 11.9 Å². The Morgan fingerprint density at radius 3 is 1.41 bits per heavy atom. The summed E-state index contributed by atoms with van der Waals surface area (Å²) in [5.41, 5.74) is -1.75. The summed E-state index contributed by atoms with van der Waals surface area (Å²) in [6.07, 6.45) is 1.10. The lowest BCUT2D eigenvalue weighted by Gasteiger charge is -2.43. The van der Waals surface area contributed by atoms with Crippen molar-refractivity contribution in [2.75, 3.05) is 0 Å². The molecule has 0 amide bonds. The van der Waals surface area contributed by atoms with Gasteiger partial charge in [-0.2, -0.15) is 0 Å². The van der Waals surface area contributed by atoms with Gasteiger partial charge in [-0.1, -0.05) is 55.4 Å². The molecule has 0 spiro atoms. The van der Waals surface area contributed by atoms with E-state index in [4.69, 9.17) is 0 Å². The lowest BCUT2D eigenvalue weighted by atomic mass is 9.59. The Labute approximate surface area is 135 Å². The van der Waals surface area contributed by atoms with E-state index in [1.165, 1.54) is 0 Å². The SMILES string of the molecule is CC(C)CC(C(=O)O)C(CC(C)(C)C)(CC(C)(C)C)C(=O)O. The summed E-state index contributed by atoms with van der Waals surface area (Å²) in [6, 6.07) is 0. The largest absolute Gasteiger partial charge is 0.481 e. The number of carbonyl (C=O) groups is 2. The number of hydrogen-bond donors (Lipinski definition) is 2. The summed E-state index contributed by atoms with van der Waals surface area (Å²) < 4.78 is 0. The molecule has 0 aromatic carbocycles. The van der Waals surface area contributed by atoms with Gasteiger partial charge in [0, 0.05) is 0 Å². The predicted octanol–water partition coefficient (Wildman–Crippen LogP) is 4.68. The molecule has 0 aliphatic heterocycles. The molecule has 0 saturated heterocycles. The van der Waals surface area contributed by atoms with Crippen LogP contribution in [0.15, 0.2) is 0 Å². The van der Waals surface area contributed by atoms with Gasteiger partial charge in [0.1, 0.15) is 0 Å². The van der Waals surface area contributed by atoms with Crippen LogP contribution in [0.3, 0.4) is 0 Å². The molecule has 0 aromatic heterocycles. The van der Waals surface area contributed by atoms with E-state index in [2.05, 4.69) is 0 Å². The van der Waals surface area contributed by atoms with E-state index in [0.717, 1.165) is 0 Å². The number of hydrogen-bond acceptors (Lipinski definition) is 2. The monoisotopic (exact) mass is 314 g/mol. The second-order valence-corrected chi connectivity index (χ2v) is 9.46. The van der Waals surface area contributed by atoms with Gasteiger partial charge in [-0.3, -0.25) is 9.59 Å². The van der Waals surface area contributed by atoms with Crippen molar-refractivity contribution in [3.63, 3.8) is 0 Å². The first kappa shape index (κ1) is 20.9. The highest BCUT2D eigenvalue weighted by Crippen LogP contribution is 2.49. The minimum absolute atomic E-state index is 0.139. The van der Waals surface area contributed by atoms with Crippen molar-refractivity contribution in [1.82, 2.24) is 0 Å². The van der Waals surface area contributed by atoms with E-state index in [-0.39, 0.29) is 16.7 Å². The minimum atomic E-state index is -1.24. The van der Waals surface area contributed by atoms with Crippen LogP contribution in [0.2, 0.25) is 0 Å². The van der Waals surface area contributed by atoms with Crippen molar-refractivity contribution in [2.24, 2.45) is 28.1 Å². The van der Waals surface area contributed by atoms with E-state index >= 15 is 0 Å². The summed E-state index contributed by atoms with van der Waals surface area (Å²) in [7, 11) is 0. The van der Waals surface area contributed by atoms with Crippen molar-refractivity contribution in [2.45, 2.75) is 74.7 Å². The zero-order chi connectivity index (χ0) is 17.9. The van der Waals surface area contributed by atoms with E-state index in [1.807, 2.05) is 55.4 Å². The van der Waals surface area contributed by atoms with Crippen LogP contribution in [0.4, 0.5) is 0 Å². The first-order chi connectivity index (χ1) is 9.61. The number of carboxylic acid groups (broad SMARTS) is 2. The molecule has 0 saturated carbocycles. The molecule has 22 heavy (non-hydrogen) atoms. The zero-order valence-corrected chi connectivity index (χ0v) is 15.5.